The van der Waals surface area contributed by atoms with Crippen LogP contribution in [0.2, 0.25) is 0 Å². The molecule has 0 saturated heterocycles. The molecule has 1 saturated carbocycles. The summed E-state index contributed by atoms with van der Waals surface area (Å²) in [4.78, 5) is 22.6. The van der Waals surface area contributed by atoms with Crippen molar-refractivity contribution in [2.24, 2.45) is 5.92 Å². The van der Waals surface area contributed by atoms with Crippen LogP contribution in [0.1, 0.15) is 30.5 Å². The molecule has 30 heavy (non-hydrogen) atoms. The lowest BCUT2D eigenvalue weighted by molar-refractivity contribution is -0.117. The first-order chi connectivity index (χ1) is 14.6. The van der Waals surface area contributed by atoms with Gasteiger partial charge in [-0.3, -0.25) is 4.79 Å². The number of Topliss-reactive ketones (excluding diaryl/α,β-unsaturated/α-hetero) is 1. The Morgan fingerprint density at radius 2 is 2.07 bits per heavy atom. The molecule has 1 aliphatic carbocycles. The summed E-state index contributed by atoms with van der Waals surface area (Å²) in [6.07, 6.45) is 2.78. The summed E-state index contributed by atoms with van der Waals surface area (Å²) in [7, 11) is 0. The van der Waals surface area contributed by atoms with Crippen LogP contribution in [-0.2, 0) is 17.8 Å². The maximum Gasteiger partial charge on any atom is 0.318 e. The smallest absolute Gasteiger partial charge is 0.318 e. The molecular formula is C23H24N4O3. The number of hydrogen-bond donors (Lipinski definition) is 2. The Kier molecular flexibility index (Phi) is 4.65. The van der Waals surface area contributed by atoms with E-state index < -0.39 is 0 Å². The highest BCUT2D eigenvalue weighted by atomic mass is 16.5. The monoisotopic (exact) mass is 404 g/mol. The van der Waals surface area contributed by atoms with Crippen molar-refractivity contribution in [3.05, 3.63) is 47.7 Å². The van der Waals surface area contributed by atoms with Crippen LogP contribution in [0.15, 0.2) is 36.4 Å². The summed E-state index contributed by atoms with van der Waals surface area (Å²) in [5.74, 6) is 1.22. The Hall–Kier alpha value is -3.35. The van der Waals surface area contributed by atoms with Crippen molar-refractivity contribution in [3.8, 4) is 11.8 Å². The van der Waals surface area contributed by atoms with E-state index in [1.807, 2.05) is 18.2 Å². The van der Waals surface area contributed by atoms with Crippen LogP contribution in [0.3, 0.4) is 0 Å². The first kappa shape index (κ1) is 18.7. The molecule has 0 spiro atoms. The number of anilines is 2. The van der Waals surface area contributed by atoms with Gasteiger partial charge in [0.2, 0.25) is 0 Å². The van der Waals surface area contributed by atoms with Gasteiger partial charge in [-0.2, -0.15) is 9.97 Å². The molecule has 0 amide bonds. The average Bonchev–Trinajstić information content (AvgIpc) is 3.16. The molecule has 0 unspecified atom stereocenters. The van der Waals surface area contributed by atoms with E-state index in [4.69, 9.17) is 10.5 Å². The van der Waals surface area contributed by atoms with E-state index in [0.717, 1.165) is 47.1 Å². The van der Waals surface area contributed by atoms with Crippen molar-refractivity contribution in [2.45, 2.75) is 32.2 Å². The first-order valence-electron chi connectivity index (χ1n) is 10.3. The fraction of sp³-hybridized carbons (Fsp3) is 0.348. The third-order valence-corrected chi connectivity index (χ3v) is 6.04. The van der Waals surface area contributed by atoms with Gasteiger partial charge in [0.15, 0.2) is 0 Å². The van der Waals surface area contributed by atoms with Crippen LogP contribution in [0.5, 0.6) is 11.8 Å². The Morgan fingerprint density at radius 1 is 1.20 bits per heavy atom. The highest BCUT2D eigenvalue weighted by molar-refractivity contribution is 5.95. The molecule has 7 heteroatoms. The quantitative estimate of drug-likeness (QED) is 0.688. The third kappa shape index (κ3) is 3.51. The maximum absolute atomic E-state index is 11.5. The minimum absolute atomic E-state index is 0.230. The van der Waals surface area contributed by atoms with Gasteiger partial charge < -0.3 is 20.5 Å². The van der Waals surface area contributed by atoms with Crippen molar-refractivity contribution in [1.29, 1.82) is 0 Å². The van der Waals surface area contributed by atoms with Crippen LogP contribution in [0.4, 0.5) is 11.5 Å². The fourth-order valence-corrected chi connectivity index (χ4v) is 4.47. The predicted octanol–water partition coefficient (Wildman–Crippen LogP) is 3.23. The number of carbonyl (C=O) groups excluding carboxylic acids is 1. The Bertz CT molecular complexity index is 1130. The summed E-state index contributed by atoms with van der Waals surface area (Å²) in [5, 5.41) is 12.3. The molecule has 5 rings (SSSR count). The summed E-state index contributed by atoms with van der Waals surface area (Å²) in [6.45, 7) is 1.76. The van der Waals surface area contributed by atoms with E-state index in [2.05, 4.69) is 20.9 Å². The number of phenols is 1. The molecule has 2 aromatic carbocycles. The van der Waals surface area contributed by atoms with Crippen molar-refractivity contribution in [3.63, 3.8) is 0 Å². The van der Waals surface area contributed by atoms with E-state index in [0.29, 0.717) is 37.6 Å². The van der Waals surface area contributed by atoms with Gasteiger partial charge in [-0.1, -0.05) is 24.3 Å². The van der Waals surface area contributed by atoms with Crippen LogP contribution >= 0.6 is 0 Å². The topological polar surface area (TPSA) is 102 Å². The van der Waals surface area contributed by atoms with E-state index in [-0.39, 0.29) is 17.7 Å². The molecule has 0 radical (unpaired) electrons. The Morgan fingerprint density at radius 3 is 2.90 bits per heavy atom. The average molecular weight is 404 g/mol. The molecule has 3 N–H and O–H groups in total. The molecule has 1 atom stereocenters. The summed E-state index contributed by atoms with van der Waals surface area (Å²) in [6, 6.07) is 11.9. The number of nitrogen functional groups attached to an aromatic ring is 1. The van der Waals surface area contributed by atoms with Gasteiger partial charge in [0.1, 0.15) is 17.4 Å². The molecule has 2 aliphatic rings. The number of ketones is 1. The molecular weight excluding hydrogens is 380 g/mol. The van der Waals surface area contributed by atoms with Gasteiger partial charge >= 0.3 is 6.01 Å². The normalized spacial score (nSPS) is 18.6. The third-order valence-electron chi connectivity index (χ3n) is 6.04. The lowest BCUT2D eigenvalue weighted by Gasteiger charge is -2.31. The number of benzene rings is 2. The van der Waals surface area contributed by atoms with Crippen LogP contribution in [0, 0.1) is 5.92 Å². The highest BCUT2D eigenvalue weighted by Gasteiger charge is 2.25. The number of phenolic OH excluding ortho intramolecular Hbond substituents is 1. The molecule has 7 nitrogen and oxygen atoms in total. The van der Waals surface area contributed by atoms with Gasteiger partial charge in [0, 0.05) is 48.0 Å². The molecule has 154 valence electrons. The molecule has 1 aromatic heterocycles. The van der Waals surface area contributed by atoms with E-state index in [1.54, 1.807) is 12.1 Å². The number of hydrogen-bond acceptors (Lipinski definition) is 7. The molecule has 2 heterocycles. The Labute approximate surface area is 174 Å². The molecule has 1 aliphatic heterocycles. The van der Waals surface area contributed by atoms with Crippen molar-refractivity contribution in [1.82, 2.24) is 9.97 Å². The second-order valence-corrected chi connectivity index (χ2v) is 8.13. The van der Waals surface area contributed by atoms with Gasteiger partial charge in [-0.25, -0.2) is 0 Å². The van der Waals surface area contributed by atoms with Crippen molar-refractivity contribution in [2.75, 3.05) is 23.8 Å². The summed E-state index contributed by atoms with van der Waals surface area (Å²) >= 11 is 0. The number of nitrogens with two attached hydrogens (primary N) is 1. The van der Waals surface area contributed by atoms with Gasteiger partial charge in [-0.15, -0.1) is 0 Å². The molecule has 3 aromatic rings. The van der Waals surface area contributed by atoms with E-state index >= 15 is 0 Å². The number of rotatable bonds is 4. The van der Waals surface area contributed by atoms with Gasteiger partial charge in [0.25, 0.3) is 0 Å². The summed E-state index contributed by atoms with van der Waals surface area (Å²) in [5.41, 5.74) is 8.98. The van der Waals surface area contributed by atoms with Crippen LogP contribution in [0.25, 0.3) is 10.8 Å². The number of carbonyl (C=O) groups is 1. The van der Waals surface area contributed by atoms with Crippen molar-refractivity contribution < 1.29 is 14.6 Å². The zero-order valence-electron chi connectivity index (χ0n) is 16.7. The lowest BCUT2D eigenvalue weighted by Crippen LogP contribution is -2.32. The number of aromatic hydroxyl groups is 1. The SMILES string of the molecule is Nc1nc(OC[C@@H]2CCC(=O)C2)nc2c1CCN(c1cc(O)cc3ccccc13)C2. The van der Waals surface area contributed by atoms with Crippen LogP contribution in [-0.4, -0.2) is 34.0 Å². The first-order valence-corrected chi connectivity index (χ1v) is 10.3. The molecule has 1 fully saturated rings. The standard InChI is InChI=1S/C23H24N4O3/c24-22-19-7-8-27(21-11-17(29)10-15-3-1-2-4-18(15)21)12-20(19)25-23(26-22)30-13-14-5-6-16(28)9-14/h1-4,10-11,14,29H,5-9,12-13H2,(H2,24,25,26)/t14-/m1/s1. The minimum atomic E-state index is 0.230. The lowest BCUT2D eigenvalue weighted by atomic mass is 10.0. The largest absolute Gasteiger partial charge is 0.508 e. The fourth-order valence-electron chi connectivity index (χ4n) is 4.47. The maximum atomic E-state index is 11.5. The number of ether oxygens (including phenoxy) is 1. The van der Waals surface area contributed by atoms with Crippen molar-refractivity contribution >= 4 is 28.1 Å². The zero-order valence-corrected chi connectivity index (χ0v) is 16.7. The van der Waals surface area contributed by atoms with Gasteiger partial charge in [0.05, 0.1) is 18.8 Å². The minimum Gasteiger partial charge on any atom is -0.508 e. The highest BCUT2D eigenvalue weighted by Crippen LogP contribution is 2.35. The second-order valence-electron chi connectivity index (χ2n) is 8.13. The predicted molar refractivity (Wildman–Crippen MR) is 115 cm³/mol. The zero-order chi connectivity index (χ0) is 20.7. The Balaban J connectivity index is 1.41. The summed E-state index contributed by atoms with van der Waals surface area (Å²) < 4.78 is 5.80. The van der Waals surface area contributed by atoms with Gasteiger partial charge in [-0.05, 0) is 24.3 Å². The van der Waals surface area contributed by atoms with E-state index in [1.165, 1.54) is 0 Å². The van der Waals surface area contributed by atoms with Crippen LogP contribution < -0.4 is 15.4 Å². The number of fused-ring (bicyclic) bond motifs is 2. The van der Waals surface area contributed by atoms with E-state index in [9.17, 15) is 9.90 Å². The number of aromatic nitrogens is 2. The second kappa shape index (κ2) is 7.48. The number of nitrogens with zero attached hydrogens (tertiary/aromatic N) is 3. The molecule has 0 bridgehead atoms.